The van der Waals surface area contributed by atoms with E-state index in [1.165, 1.54) is 6.42 Å². The van der Waals surface area contributed by atoms with Crippen LogP contribution in [0, 0.1) is 0 Å². The number of nitrogens with one attached hydrogen (secondary N) is 1. The van der Waals surface area contributed by atoms with Crippen LogP contribution in [0.1, 0.15) is 24.8 Å². The van der Waals surface area contributed by atoms with Crippen LogP contribution in [0.25, 0.3) is 0 Å². The highest BCUT2D eigenvalue weighted by Gasteiger charge is 2.36. The molecule has 1 aliphatic heterocycles. The standard InChI is InChI=1S/C14H18ClNO3/c1-17-14(3-2-4-14)8-16-7-10-5-11(15)13-12(6-10)18-9-19-13/h5-6,16H,2-4,7-9H2,1H3. The number of halogens is 1. The summed E-state index contributed by atoms with van der Waals surface area (Å²) in [6.07, 6.45) is 3.53. The molecule has 1 aromatic rings. The second-order valence-electron chi connectivity index (χ2n) is 5.16. The molecule has 104 valence electrons. The summed E-state index contributed by atoms with van der Waals surface area (Å²) in [7, 11) is 1.79. The Labute approximate surface area is 118 Å². The maximum atomic E-state index is 6.15. The van der Waals surface area contributed by atoms with Crippen LogP contribution in [-0.2, 0) is 11.3 Å². The molecule has 1 fully saturated rings. The minimum absolute atomic E-state index is 0.0418. The van der Waals surface area contributed by atoms with Gasteiger partial charge in [-0.3, -0.25) is 0 Å². The van der Waals surface area contributed by atoms with Crippen LogP contribution in [0.3, 0.4) is 0 Å². The van der Waals surface area contributed by atoms with Gasteiger partial charge in [0, 0.05) is 20.2 Å². The van der Waals surface area contributed by atoms with Gasteiger partial charge in [-0.05, 0) is 37.0 Å². The van der Waals surface area contributed by atoms with E-state index in [0.29, 0.717) is 10.8 Å². The summed E-state index contributed by atoms with van der Waals surface area (Å²) < 4.78 is 16.2. The largest absolute Gasteiger partial charge is 0.454 e. The van der Waals surface area contributed by atoms with Crippen LogP contribution in [0.4, 0.5) is 0 Å². The molecule has 0 aromatic heterocycles. The summed E-state index contributed by atoms with van der Waals surface area (Å²) >= 11 is 6.15. The van der Waals surface area contributed by atoms with E-state index in [2.05, 4.69) is 5.32 Å². The van der Waals surface area contributed by atoms with Gasteiger partial charge < -0.3 is 19.5 Å². The summed E-state index contributed by atoms with van der Waals surface area (Å²) in [5.41, 5.74) is 1.14. The van der Waals surface area contributed by atoms with Crippen molar-refractivity contribution in [1.29, 1.82) is 0 Å². The molecular weight excluding hydrogens is 266 g/mol. The predicted molar refractivity (Wildman–Crippen MR) is 72.9 cm³/mol. The second-order valence-corrected chi connectivity index (χ2v) is 5.56. The van der Waals surface area contributed by atoms with Gasteiger partial charge in [0.05, 0.1) is 10.6 Å². The Morgan fingerprint density at radius 3 is 2.89 bits per heavy atom. The first kappa shape index (κ1) is 13.0. The molecule has 1 N–H and O–H groups in total. The highest BCUT2D eigenvalue weighted by Crippen LogP contribution is 2.40. The van der Waals surface area contributed by atoms with Crippen molar-refractivity contribution in [2.75, 3.05) is 20.4 Å². The van der Waals surface area contributed by atoms with E-state index >= 15 is 0 Å². The molecule has 5 heteroatoms. The molecule has 19 heavy (non-hydrogen) atoms. The van der Waals surface area contributed by atoms with Crippen molar-refractivity contribution in [1.82, 2.24) is 5.32 Å². The molecule has 0 amide bonds. The number of ether oxygens (including phenoxy) is 3. The van der Waals surface area contributed by atoms with Crippen LogP contribution in [-0.4, -0.2) is 26.0 Å². The Balaban J connectivity index is 1.60. The van der Waals surface area contributed by atoms with E-state index in [1.807, 2.05) is 12.1 Å². The third kappa shape index (κ3) is 2.53. The van der Waals surface area contributed by atoms with E-state index in [9.17, 15) is 0 Å². The molecule has 0 spiro atoms. The van der Waals surface area contributed by atoms with Gasteiger partial charge in [-0.15, -0.1) is 0 Å². The van der Waals surface area contributed by atoms with Gasteiger partial charge in [0.2, 0.25) is 6.79 Å². The number of fused-ring (bicyclic) bond motifs is 1. The summed E-state index contributed by atoms with van der Waals surface area (Å²) in [6, 6.07) is 3.89. The lowest BCUT2D eigenvalue weighted by Gasteiger charge is -2.40. The molecular formula is C14H18ClNO3. The minimum Gasteiger partial charge on any atom is -0.454 e. The molecule has 0 radical (unpaired) electrons. The van der Waals surface area contributed by atoms with Crippen LogP contribution in [0.15, 0.2) is 12.1 Å². The lowest BCUT2D eigenvalue weighted by atomic mass is 9.80. The van der Waals surface area contributed by atoms with Gasteiger partial charge in [-0.1, -0.05) is 11.6 Å². The van der Waals surface area contributed by atoms with E-state index in [4.69, 9.17) is 25.8 Å². The fourth-order valence-corrected chi connectivity index (χ4v) is 2.87. The quantitative estimate of drug-likeness (QED) is 0.902. The molecule has 1 aromatic carbocycles. The molecule has 0 unspecified atom stereocenters. The van der Waals surface area contributed by atoms with Gasteiger partial charge in [-0.2, -0.15) is 0 Å². The second kappa shape index (κ2) is 5.19. The first-order valence-corrected chi connectivity index (χ1v) is 6.94. The molecule has 3 rings (SSSR count). The lowest BCUT2D eigenvalue weighted by Crippen LogP contribution is -2.47. The molecule has 1 saturated carbocycles. The molecule has 2 aliphatic rings. The van der Waals surface area contributed by atoms with E-state index in [0.717, 1.165) is 37.2 Å². The Kier molecular flexibility index (Phi) is 3.56. The van der Waals surface area contributed by atoms with Crippen LogP contribution in [0.5, 0.6) is 11.5 Å². The van der Waals surface area contributed by atoms with Crippen molar-refractivity contribution >= 4 is 11.6 Å². The van der Waals surface area contributed by atoms with Gasteiger partial charge in [0.1, 0.15) is 0 Å². The van der Waals surface area contributed by atoms with Crippen LogP contribution < -0.4 is 14.8 Å². The number of rotatable bonds is 5. The molecule has 1 heterocycles. The Hall–Kier alpha value is -0.970. The molecule has 1 aliphatic carbocycles. The van der Waals surface area contributed by atoms with Crippen LogP contribution in [0.2, 0.25) is 5.02 Å². The first-order valence-electron chi connectivity index (χ1n) is 6.56. The van der Waals surface area contributed by atoms with E-state index < -0.39 is 0 Å². The van der Waals surface area contributed by atoms with Crippen molar-refractivity contribution in [3.63, 3.8) is 0 Å². The smallest absolute Gasteiger partial charge is 0.231 e. The van der Waals surface area contributed by atoms with Gasteiger partial charge in [0.15, 0.2) is 11.5 Å². The zero-order valence-corrected chi connectivity index (χ0v) is 11.8. The highest BCUT2D eigenvalue weighted by atomic mass is 35.5. The Morgan fingerprint density at radius 1 is 1.37 bits per heavy atom. The van der Waals surface area contributed by atoms with Crippen molar-refractivity contribution in [3.05, 3.63) is 22.7 Å². The van der Waals surface area contributed by atoms with Gasteiger partial charge >= 0.3 is 0 Å². The summed E-state index contributed by atoms with van der Waals surface area (Å²) in [5.74, 6) is 1.38. The summed E-state index contributed by atoms with van der Waals surface area (Å²) in [4.78, 5) is 0. The zero-order chi connectivity index (χ0) is 13.3. The fraction of sp³-hybridized carbons (Fsp3) is 0.571. The van der Waals surface area contributed by atoms with E-state index in [-0.39, 0.29) is 12.4 Å². The van der Waals surface area contributed by atoms with Gasteiger partial charge in [-0.25, -0.2) is 0 Å². The molecule has 0 atom stereocenters. The van der Waals surface area contributed by atoms with Gasteiger partial charge in [0.25, 0.3) is 0 Å². The third-order valence-electron chi connectivity index (χ3n) is 3.96. The first-order chi connectivity index (χ1) is 9.22. The average Bonchev–Trinajstić information content (AvgIpc) is 2.81. The number of hydrogen-bond acceptors (Lipinski definition) is 4. The Morgan fingerprint density at radius 2 is 2.21 bits per heavy atom. The SMILES string of the molecule is COC1(CNCc2cc(Cl)c3c(c2)OCO3)CCC1. The predicted octanol–water partition coefficient (Wildman–Crippen LogP) is 2.73. The lowest BCUT2D eigenvalue weighted by molar-refractivity contribution is -0.0695. The maximum absolute atomic E-state index is 6.15. The summed E-state index contributed by atoms with van der Waals surface area (Å²) in [5, 5.41) is 4.04. The van der Waals surface area contributed by atoms with Crippen molar-refractivity contribution < 1.29 is 14.2 Å². The van der Waals surface area contributed by atoms with Crippen LogP contribution >= 0.6 is 11.6 Å². The zero-order valence-electron chi connectivity index (χ0n) is 11.0. The Bertz CT molecular complexity index is 468. The monoisotopic (exact) mass is 283 g/mol. The van der Waals surface area contributed by atoms with E-state index in [1.54, 1.807) is 7.11 Å². The number of benzene rings is 1. The molecule has 0 bridgehead atoms. The fourth-order valence-electron chi connectivity index (χ4n) is 2.58. The normalized spacial score (nSPS) is 19.3. The number of hydrogen-bond donors (Lipinski definition) is 1. The number of methoxy groups -OCH3 is 1. The molecule has 4 nitrogen and oxygen atoms in total. The van der Waals surface area contributed by atoms with Crippen molar-refractivity contribution in [2.45, 2.75) is 31.4 Å². The third-order valence-corrected chi connectivity index (χ3v) is 4.24. The average molecular weight is 284 g/mol. The topological polar surface area (TPSA) is 39.7 Å². The summed E-state index contributed by atoms with van der Waals surface area (Å²) in [6.45, 7) is 1.87. The minimum atomic E-state index is 0.0418. The van der Waals surface area contributed by atoms with Crippen molar-refractivity contribution in [2.24, 2.45) is 0 Å². The highest BCUT2D eigenvalue weighted by molar-refractivity contribution is 6.32. The maximum Gasteiger partial charge on any atom is 0.231 e. The molecule has 0 saturated heterocycles. The van der Waals surface area contributed by atoms with Crippen molar-refractivity contribution in [3.8, 4) is 11.5 Å².